The molecular formula is C45H78N14O13. The van der Waals surface area contributed by atoms with Crippen molar-refractivity contribution >= 4 is 59.1 Å². The number of aliphatic hydroxyl groups excluding tert-OH is 2. The van der Waals surface area contributed by atoms with Gasteiger partial charge in [0.2, 0.25) is 53.2 Å². The summed E-state index contributed by atoms with van der Waals surface area (Å²) >= 11 is 0. The number of carbonyl (C=O) groups excluding carboxylic acids is 9. The van der Waals surface area contributed by atoms with Crippen LogP contribution in [-0.2, 0) is 54.4 Å². The zero-order valence-corrected chi connectivity index (χ0v) is 41.6. The van der Waals surface area contributed by atoms with E-state index in [0.29, 0.717) is 5.56 Å². The van der Waals surface area contributed by atoms with Crippen molar-refractivity contribution in [2.75, 3.05) is 32.7 Å². The Kier molecular flexibility index (Phi) is 29.5. The van der Waals surface area contributed by atoms with E-state index in [9.17, 15) is 53.4 Å². The van der Waals surface area contributed by atoms with Crippen molar-refractivity contribution in [1.29, 1.82) is 0 Å². The van der Waals surface area contributed by atoms with E-state index < -0.39 is 132 Å². The first-order chi connectivity index (χ1) is 33.9. The highest BCUT2D eigenvalue weighted by molar-refractivity contribution is 5.98. The number of hydrogen-bond acceptors (Lipinski definition) is 17. The number of aliphatic hydroxyl groups is 2. The molecule has 72 heavy (non-hydrogen) atoms. The first-order valence-electron chi connectivity index (χ1n) is 23.8. The van der Waals surface area contributed by atoms with E-state index in [2.05, 4.69) is 47.9 Å². The van der Waals surface area contributed by atoms with Gasteiger partial charge in [0.1, 0.15) is 54.4 Å². The predicted molar refractivity (Wildman–Crippen MR) is 262 cm³/mol. The topological polar surface area (TPSA) is 470 Å². The molecule has 2 rings (SSSR count). The van der Waals surface area contributed by atoms with Crippen molar-refractivity contribution in [2.45, 2.75) is 146 Å². The highest BCUT2D eigenvalue weighted by atomic mass is 16.4. The highest BCUT2D eigenvalue weighted by Gasteiger charge is 2.36. The molecule has 1 fully saturated rings. The van der Waals surface area contributed by atoms with Gasteiger partial charge in [-0.05, 0) is 90.0 Å². The smallest absolute Gasteiger partial charge is 0.300 e. The number of rotatable bonds is 18. The number of nitrogens with one attached hydrogen (secondary N) is 9. The van der Waals surface area contributed by atoms with Gasteiger partial charge in [-0.1, -0.05) is 44.2 Å². The van der Waals surface area contributed by atoms with Crippen LogP contribution >= 0.6 is 0 Å². The summed E-state index contributed by atoms with van der Waals surface area (Å²) in [4.78, 5) is 133. The third-order valence-electron chi connectivity index (χ3n) is 10.9. The fourth-order valence-electron chi connectivity index (χ4n) is 7.00. The lowest BCUT2D eigenvalue weighted by Gasteiger charge is -2.28. The van der Waals surface area contributed by atoms with Crippen molar-refractivity contribution in [3.8, 4) is 0 Å². The maximum atomic E-state index is 14.2. The SMILES string of the molecule is CC(=O)O.CC(C)C[C@@H]1NC(=O)[C@@H](Cc2ccccc2)NC(=O)[C@H](CCN)NC(=O)[C@@H](NC(=O)[C@H](CCN)NC(=O)[C@@H](N)[C@@H](C)O)CCNC(=O)[C@H]([C@@H](C)O)NC(=O)[C@H](CCN)NC(=O)[C@H](CCN)NC1=O. The summed E-state index contributed by atoms with van der Waals surface area (Å²) < 4.78 is 0. The minimum Gasteiger partial charge on any atom is -0.481 e. The van der Waals surface area contributed by atoms with Crippen LogP contribution in [0.5, 0.6) is 0 Å². The molecule has 0 spiro atoms. The molecule has 27 nitrogen and oxygen atoms in total. The Labute approximate surface area is 418 Å². The lowest BCUT2D eigenvalue weighted by atomic mass is 10.00. The van der Waals surface area contributed by atoms with Crippen LogP contribution in [-0.4, -0.2) is 174 Å². The number of carboxylic acid groups (broad SMARTS) is 1. The first-order valence-corrected chi connectivity index (χ1v) is 23.8. The molecule has 1 aromatic rings. The van der Waals surface area contributed by atoms with Crippen LogP contribution in [0.1, 0.15) is 78.7 Å². The highest BCUT2D eigenvalue weighted by Crippen LogP contribution is 2.11. The van der Waals surface area contributed by atoms with E-state index in [1.807, 2.05) is 0 Å². The molecule has 1 aromatic carbocycles. The number of aliphatic carboxylic acids is 1. The molecule has 0 bridgehead atoms. The number of hydrogen-bond donors (Lipinski definition) is 17. The Morgan fingerprint density at radius 3 is 1.54 bits per heavy atom. The van der Waals surface area contributed by atoms with E-state index >= 15 is 0 Å². The zero-order valence-electron chi connectivity index (χ0n) is 41.6. The van der Waals surface area contributed by atoms with Crippen LogP contribution in [0, 0.1) is 5.92 Å². The first kappa shape index (κ1) is 63.7. The average Bonchev–Trinajstić information content (AvgIpc) is 3.30. The zero-order chi connectivity index (χ0) is 54.7. The van der Waals surface area contributed by atoms with Crippen LogP contribution in [0.2, 0.25) is 0 Å². The number of carboxylic acids is 1. The molecular weight excluding hydrogens is 945 g/mol. The molecule has 1 aliphatic heterocycles. The third kappa shape index (κ3) is 23.2. The lowest BCUT2D eigenvalue weighted by molar-refractivity contribution is -0.136. The van der Waals surface area contributed by atoms with Crippen molar-refractivity contribution in [3.05, 3.63) is 35.9 Å². The Morgan fingerprint density at radius 1 is 0.639 bits per heavy atom. The van der Waals surface area contributed by atoms with E-state index in [0.717, 1.165) is 6.92 Å². The Hall–Kier alpha value is -6.36. The minimum atomic E-state index is -1.63. The van der Waals surface area contributed by atoms with E-state index in [-0.39, 0.29) is 77.0 Å². The van der Waals surface area contributed by atoms with Crippen molar-refractivity contribution in [1.82, 2.24) is 47.9 Å². The van der Waals surface area contributed by atoms with Gasteiger partial charge in [0, 0.05) is 19.9 Å². The number of nitrogens with two attached hydrogens (primary N) is 5. The molecule has 0 aromatic heterocycles. The van der Waals surface area contributed by atoms with Crippen LogP contribution < -0.4 is 76.5 Å². The van der Waals surface area contributed by atoms with E-state index in [1.165, 1.54) is 13.8 Å². The number of carbonyl (C=O) groups is 10. The maximum Gasteiger partial charge on any atom is 0.300 e. The quantitative estimate of drug-likeness (QED) is 0.0650. The largest absolute Gasteiger partial charge is 0.481 e. The molecule has 406 valence electrons. The van der Waals surface area contributed by atoms with E-state index in [1.54, 1.807) is 44.2 Å². The molecule has 0 unspecified atom stereocenters. The van der Waals surface area contributed by atoms with Crippen molar-refractivity contribution in [2.24, 2.45) is 34.6 Å². The minimum absolute atomic E-state index is 0.0731. The molecule has 11 atom stereocenters. The molecule has 0 aliphatic carbocycles. The van der Waals surface area contributed by atoms with Gasteiger partial charge >= 0.3 is 0 Å². The van der Waals surface area contributed by atoms with Gasteiger partial charge in [-0.25, -0.2) is 0 Å². The molecule has 0 radical (unpaired) electrons. The van der Waals surface area contributed by atoms with Crippen LogP contribution in [0.25, 0.3) is 0 Å². The Balaban J connectivity index is 0.00000623. The number of amides is 9. The normalized spacial score (nSPS) is 23.8. The molecule has 1 heterocycles. The second kappa shape index (κ2) is 33.3. The van der Waals surface area contributed by atoms with Gasteiger partial charge in [-0.15, -0.1) is 0 Å². The molecule has 0 saturated carbocycles. The summed E-state index contributed by atoms with van der Waals surface area (Å²) in [5.41, 5.74) is 29.6. The fourth-order valence-corrected chi connectivity index (χ4v) is 7.00. The molecule has 27 heteroatoms. The van der Waals surface area contributed by atoms with Gasteiger partial charge < -0.3 is 91.8 Å². The predicted octanol–water partition coefficient (Wildman–Crippen LogP) is -6.75. The molecule has 1 saturated heterocycles. The van der Waals surface area contributed by atoms with E-state index in [4.69, 9.17) is 38.6 Å². The maximum absolute atomic E-state index is 14.2. The lowest BCUT2D eigenvalue weighted by Crippen LogP contribution is -2.61. The molecule has 22 N–H and O–H groups in total. The van der Waals surface area contributed by atoms with Crippen LogP contribution in [0.3, 0.4) is 0 Å². The summed E-state index contributed by atoms with van der Waals surface area (Å²) in [5.74, 6) is -8.97. The van der Waals surface area contributed by atoms with Gasteiger partial charge in [-0.2, -0.15) is 0 Å². The summed E-state index contributed by atoms with van der Waals surface area (Å²) in [6.45, 7) is 6.29. The van der Waals surface area contributed by atoms with Crippen LogP contribution in [0.15, 0.2) is 30.3 Å². The second-order valence-corrected chi connectivity index (χ2v) is 17.6. The van der Waals surface area contributed by atoms with Gasteiger partial charge in [0.25, 0.3) is 5.97 Å². The Morgan fingerprint density at radius 2 is 1.08 bits per heavy atom. The standard InChI is InChI=1S/C43H74N14O11.C2H4O2/c1-22(2)20-31-40(65)52-26(10-15-44)35(60)51-29(13-18-47)39(64)57-34(24(4)59)43(68)49-19-14-30(53-36(61)28(12-17-46)54-42(67)33(48)23(3)58)38(63)50-27(11-16-45)37(62)56-32(41(66)55-31)21-25-8-6-5-7-9-25;1-2(3)4/h5-9,22-24,26-34,58-59H,10-21,44-48H2,1-4H3,(H,49,68)(H,50,63)(H,51,60)(H,52,65)(H,53,61)(H,54,67)(H,55,66)(H,56,62)(H,57,64);1H3,(H,3,4)/t23-,24-,26+,27+,28+,29+,30+,31+,32-,33+,34+;/m1./s1. The summed E-state index contributed by atoms with van der Waals surface area (Å²) in [6, 6.07) is -4.14. The summed E-state index contributed by atoms with van der Waals surface area (Å²) in [7, 11) is 0. The summed E-state index contributed by atoms with van der Waals surface area (Å²) in [6.07, 6.45) is -3.78. The van der Waals surface area contributed by atoms with Crippen molar-refractivity contribution < 1.29 is 63.3 Å². The number of benzene rings is 1. The molecule has 1 aliphatic rings. The molecule has 9 amide bonds. The fraction of sp³-hybridized carbons (Fsp3) is 0.644. The average molecular weight is 1020 g/mol. The monoisotopic (exact) mass is 1020 g/mol. The second-order valence-electron chi connectivity index (χ2n) is 17.6. The Bertz CT molecular complexity index is 1940. The third-order valence-corrected chi connectivity index (χ3v) is 10.9. The van der Waals surface area contributed by atoms with Gasteiger partial charge in [0.15, 0.2) is 0 Å². The summed E-state index contributed by atoms with van der Waals surface area (Å²) in [5, 5.41) is 50.8. The van der Waals surface area contributed by atoms with Crippen molar-refractivity contribution in [3.63, 3.8) is 0 Å². The van der Waals surface area contributed by atoms with Gasteiger partial charge in [0.05, 0.1) is 12.2 Å². The van der Waals surface area contributed by atoms with Gasteiger partial charge in [-0.3, -0.25) is 47.9 Å². The van der Waals surface area contributed by atoms with Crippen LogP contribution in [0.4, 0.5) is 0 Å².